The average Bonchev–Trinajstić information content (AvgIpc) is 2.96. The molecule has 1 amide bonds. The molecule has 2 heterocycles. The molecule has 0 aliphatic carbocycles. The second-order valence-electron chi connectivity index (χ2n) is 5.97. The maximum absolute atomic E-state index is 12.4. The van der Waals surface area contributed by atoms with E-state index in [1.165, 1.54) is 17.2 Å². The number of carbonyl (C=O) groups excluding carboxylic acids is 1. The lowest BCUT2D eigenvalue weighted by atomic mass is 9.94. The highest BCUT2D eigenvalue weighted by Crippen LogP contribution is 2.29. The number of H-pyrrole nitrogens is 2. The van der Waals surface area contributed by atoms with E-state index in [1.54, 1.807) is 4.90 Å². The Morgan fingerprint density at radius 2 is 2.04 bits per heavy atom. The molecule has 1 atom stereocenters. The van der Waals surface area contributed by atoms with Crippen LogP contribution in [0.5, 0.6) is 0 Å². The summed E-state index contributed by atoms with van der Waals surface area (Å²) in [5.41, 5.74) is 1.80. The Morgan fingerprint density at radius 3 is 2.78 bits per heavy atom. The van der Waals surface area contributed by atoms with E-state index in [0.29, 0.717) is 24.7 Å². The SMILES string of the molecule is Cc1ccccc1C1CCN(C(=O)Cc2cc(=O)[nH]c(=O)[nH]2)C1. The molecular weight excluding hydrogens is 294 g/mol. The highest BCUT2D eigenvalue weighted by atomic mass is 16.2. The molecule has 6 nitrogen and oxygen atoms in total. The molecule has 2 aromatic rings. The predicted molar refractivity (Wildman–Crippen MR) is 86.5 cm³/mol. The first-order chi connectivity index (χ1) is 11.0. The number of hydrogen-bond donors (Lipinski definition) is 2. The molecule has 0 spiro atoms. The van der Waals surface area contributed by atoms with Gasteiger partial charge in [-0.25, -0.2) is 4.79 Å². The zero-order valence-electron chi connectivity index (χ0n) is 13.0. The molecule has 1 aliphatic heterocycles. The van der Waals surface area contributed by atoms with Crippen LogP contribution >= 0.6 is 0 Å². The van der Waals surface area contributed by atoms with Gasteiger partial charge in [0.2, 0.25) is 5.91 Å². The fourth-order valence-electron chi connectivity index (χ4n) is 3.17. The number of aromatic nitrogens is 2. The Kier molecular flexibility index (Phi) is 4.14. The second kappa shape index (κ2) is 6.24. The lowest BCUT2D eigenvalue weighted by molar-refractivity contribution is -0.129. The number of aryl methyl sites for hydroxylation is 1. The summed E-state index contributed by atoms with van der Waals surface area (Å²) in [4.78, 5) is 41.3. The maximum atomic E-state index is 12.4. The van der Waals surface area contributed by atoms with Crippen molar-refractivity contribution in [1.29, 1.82) is 0 Å². The van der Waals surface area contributed by atoms with Crippen molar-refractivity contribution in [2.75, 3.05) is 13.1 Å². The number of carbonyl (C=O) groups is 1. The Hall–Kier alpha value is -2.63. The van der Waals surface area contributed by atoms with Gasteiger partial charge in [0.25, 0.3) is 5.56 Å². The van der Waals surface area contributed by atoms with Gasteiger partial charge in [-0.2, -0.15) is 0 Å². The zero-order valence-corrected chi connectivity index (χ0v) is 13.0. The van der Waals surface area contributed by atoms with E-state index < -0.39 is 11.2 Å². The summed E-state index contributed by atoms with van der Waals surface area (Å²) < 4.78 is 0. The first-order valence-electron chi connectivity index (χ1n) is 7.69. The normalized spacial score (nSPS) is 17.4. The lowest BCUT2D eigenvalue weighted by Gasteiger charge is -2.17. The van der Waals surface area contributed by atoms with Crippen molar-refractivity contribution in [3.63, 3.8) is 0 Å². The van der Waals surface area contributed by atoms with Crippen LogP contribution in [0.3, 0.4) is 0 Å². The number of benzene rings is 1. The summed E-state index contributed by atoms with van der Waals surface area (Å²) in [6.45, 7) is 3.46. The van der Waals surface area contributed by atoms with Crippen LogP contribution in [0.25, 0.3) is 0 Å². The molecule has 2 N–H and O–H groups in total. The van der Waals surface area contributed by atoms with E-state index in [0.717, 1.165) is 6.42 Å². The molecule has 6 heteroatoms. The number of aromatic amines is 2. The molecule has 1 fully saturated rings. The molecule has 0 radical (unpaired) electrons. The van der Waals surface area contributed by atoms with Gasteiger partial charge in [0.05, 0.1) is 6.42 Å². The zero-order chi connectivity index (χ0) is 16.4. The highest BCUT2D eigenvalue weighted by molar-refractivity contribution is 5.78. The first-order valence-corrected chi connectivity index (χ1v) is 7.69. The first kappa shape index (κ1) is 15.3. The van der Waals surface area contributed by atoms with E-state index in [4.69, 9.17) is 0 Å². The molecule has 1 unspecified atom stereocenters. The van der Waals surface area contributed by atoms with Crippen LogP contribution < -0.4 is 11.2 Å². The van der Waals surface area contributed by atoms with E-state index >= 15 is 0 Å². The van der Waals surface area contributed by atoms with E-state index in [2.05, 4.69) is 29.0 Å². The van der Waals surface area contributed by atoms with Crippen molar-refractivity contribution in [1.82, 2.24) is 14.9 Å². The van der Waals surface area contributed by atoms with Crippen LogP contribution in [0, 0.1) is 6.92 Å². The van der Waals surface area contributed by atoms with E-state index in [9.17, 15) is 14.4 Å². The third-order valence-corrected chi connectivity index (χ3v) is 4.33. The van der Waals surface area contributed by atoms with Gasteiger partial charge in [0, 0.05) is 30.8 Å². The van der Waals surface area contributed by atoms with Gasteiger partial charge in [0.1, 0.15) is 0 Å². The minimum Gasteiger partial charge on any atom is -0.342 e. The Balaban J connectivity index is 1.69. The van der Waals surface area contributed by atoms with E-state index in [1.807, 2.05) is 12.1 Å². The van der Waals surface area contributed by atoms with Gasteiger partial charge >= 0.3 is 5.69 Å². The minimum absolute atomic E-state index is 0.0413. The van der Waals surface area contributed by atoms with Gasteiger partial charge in [-0.05, 0) is 24.5 Å². The van der Waals surface area contributed by atoms with Crippen molar-refractivity contribution < 1.29 is 4.79 Å². The minimum atomic E-state index is -0.584. The quantitative estimate of drug-likeness (QED) is 0.884. The Bertz CT molecular complexity index is 809. The molecular formula is C17H19N3O3. The van der Waals surface area contributed by atoms with Crippen LogP contribution in [0.15, 0.2) is 39.9 Å². The second-order valence-corrected chi connectivity index (χ2v) is 5.97. The number of rotatable bonds is 3. The van der Waals surface area contributed by atoms with Crippen LogP contribution in [0.1, 0.15) is 29.2 Å². The van der Waals surface area contributed by atoms with Gasteiger partial charge < -0.3 is 9.88 Å². The molecule has 1 aromatic heterocycles. The summed E-state index contributed by atoms with van der Waals surface area (Å²) >= 11 is 0. The Labute approximate surface area is 133 Å². The molecule has 1 aliphatic rings. The van der Waals surface area contributed by atoms with Crippen molar-refractivity contribution in [3.8, 4) is 0 Å². The fraction of sp³-hybridized carbons (Fsp3) is 0.353. The van der Waals surface area contributed by atoms with Crippen LogP contribution in [-0.2, 0) is 11.2 Å². The molecule has 23 heavy (non-hydrogen) atoms. The molecule has 0 saturated carbocycles. The maximum Gasteiger partial charge on any atom is 0.325 e. The lowest BCUT2D eigenvalue weighted by Crippen LogP contribution is -2.32. The number of likely N-dealkylation sites (tertiary alicyclic amines) is 1. The predicted octanol–water partition coefficient (Wildman–Crippen LogP) is 0.930. The van der Waals surface area contributed by atoms with Crippen LogP contribution in [0.4, 0.5) is 0 Å². The van der Waals surface area contributed by atoms with Gasteiger partial charge in [-0.3, -0.25) is 14.6 Å². The third kappa shape index (κ3) is 3.41. The standard InChI is InChI=1S/C17H19N3O3/c1-11-4-2-3-5-14(11)12-6-7-20(10-12)16(22)9-13-8-15(21)19-17(23)18-13/h2-5,8,12H,6-7,9-10H2,1H3,(H2,18,19,21,23). The molecule has 120 valence electrons. The molecule has 0 bridgehead atoms. The fourth-order valence-corrected chi connectivity index (χ4v) is 3.17. The van der Waals surface area contributed by atoms with Gasteiger partial charge in [-0.15, -0.1) is 0 Å². The topological polar surface area (TPSA) is 86.0 Å². The molecule has 1 saturated heterocycles. The van der Waals surface area contributed by atoms with Crippen LogP contribution in [-0.4, -0.2) is 33.9 Å². The number of amides is 1. The average molecular weight is 313 g/mol. The number of hydrogen-bond acceptors (Lipinski definition) is 3. The molecule has 3 rings (SSSR count). The van der Waals surface area contributed by atoms with Gasteiger partial charge in [0.15, 0.2) is 0 Å². The van der Waals surface area contributed by atoms with E-state index in [-0.39, 0.29) is 12.3 Å². The van der Waals surface area contributed by atoms with Gasteiger partial charge in [-0.1, -0.05) is 24.3 Å². The molecule has 1 aromatic carbocycles. The summed E-state index contributed by atoms with van der Waals surface area (Å²) in [7, 11) is 0. The van der Waals surface area contributed by atoms with Crippen molar-refractivity contribution >= 4 is 5.91 Å². The van der Waals surface area contributed by atoms with Crippen LogP contribution in [0.2, 0.25) is 0 Å². The summed E-state index contributed by atoms with van der Waals surface area (Å²) in [5.74, 6) is 0.278. The third-order valence-electron chi connectivity index (χ3n) is 4.33. The number of nitrogens with zero attached hydrogens (tertiary/aromatic N) is 1. The Morgan fingerprint density at radius 1 is 1.26 bits per heavy atom. The van der Waals surface area contributed by atoms with Crippen molar-refractivity contribution in [2.24, 2.45) is 0 Å². The monoisotopic (exact) mass is 313 g/mol. The smallest absolute Gasteiger partial charge is 0.325 e. The van der Waals surface area contributed by atoms with Crippen molar-refractivity contribution in [2.45, 2.75) is 25.7 Å². The summed E-state index contributed by atoms with van der Waals surface area (Å²) in [6, 6.07) is 9.49. The highest BCUT2D eigenvalue weighted by Gasteiger charge is 2.28. The number of nitrogens with one attached hydrogen (secondary N) is 2. The largest absolute Gasteiger partial charge is 0.342 e. The van der Waals surface area contributed by atoms with Crippen molar-refractivity contribution in [3.05, 3.63) is 68.0 Å². The summed E-state index contributed by atoms with van der Waals surface area (Å²) in [6.07, 6.45) is 0.974. The summed E-state index contributed by atoms with van der Waals surface area (Å²) in [5, 5.41) is 0.